The Kier molecular flexibility index (Phi) is 1.98. The van der Waals surface area contributed by atoms with E-state index in [0.29, 0.717) is 17.3 Å². The Morgan fingerprint density at radius 2 is 2.24 bits per heavy atom. The Morgan fingerprint density at radius 3 is 2.76 bits per heavy atom. The van der Waals surface area contributed by atoms with E-state index in [-0.39, 0.29) is 5.54 Å². The number of hydrogen-bond acceptors (Lipinski definition) is 3. The maximum absolute atomic E-state index is 9.29. The van der Waals surface area contributed by atoms with Crippen molar-refractivity contribution in [2.75, 3.05) is 0 Å². The first kappa shape index (κ1) is 10.8. The molecule has 4 heteroatoms. The van der Waals surface area contributed by atoms with Gasteiger partial charge in [0.2, 0.25) is 0 Å². The number of imidazole rings is 1. The minimum absolute atomic E-state index is 0.219. The van der Waals surface area contributed by atoms with E-state index >= 15 is 0 Å². The van der Waals surface area contributed by atoms with Gasteiger partial charge in [0.1, 0.15) is 0 Å². The third-order valence-electron chi connectivity index (χ3n) is 5.33. The highest BCUT2D eigenvalue weighted by Gasteiger charge is 2.63. The molecule has 92 valence electrons. The summed E-state index contributed by atoms with van der Waals surface area (Å²) in [6.45, 7) is 6.83. The standard InChI is InChI=1S/C13H19N3O/c1-12(2)9-6-10(12)13(3,11(7-9)15-17)16-5-4-14-8-16/h4-5,8-10,17H,6-7H2,1-3H3/t9-,10+,13-/m1/s1. The second-order valence-corrected chi connectivity index (χ2v) is 6.17. The summed E-state index contributed by atoms with van der Waals surface area (Å²) in [5, 5.41) is 12.9. The van der Waals surface area contributed by atoms with E-state index in [9.17, 15) is 5.21 Å². The molecule has 3 fully saturated rings. The molecule has 1 heterocycles. The van der Waals surface area contributed by atoms with Gasteiger partial charge in [-0.05, 0) is 37.0 Å². The van der Waals surface area contributed by atoms with Gasteiger partial charge >= 0.3 is 0 Å². The van der Waals surface area contributed by atoms with Crippen molar-refractivity contribution in [1.29, 1.82) is 0 Å². The molecule has 0 aliphatic heterocycles. The van der Waals surface area contributed by atoms with Crippen LogP contribution < -0.4 is 0 Å². The van der Waals surface area contributed by atoms with Gasteiger partial charge in [-0.25, -0.2) is 4.98 Å². The average Bonchev–Trinajstić information content (AvgIpc) is 2.82. The Balaban J connectivity index is 2.11. The maximum atomic E-state index is 9.29. The molecule has 1 N–H and O–H groups in total. The fourth-order valence-corrected chi connectivity index (χ4v) is 3.96. The van der Waals surface area contributed by atoms with Gasteiger partial charge in [-0.3, -0.25) is 0 Å². The predicted molar refractivity (Wildman–Crippen MR) is 65.1 cm³/mol. The van der Waals surface area contributed by atoms with E-state index in [2.05, 4.69) is 35.5 Å². The summed E-state index contributed by atoms with van der Waals surface area (Å²) in [5.74, 6) is 1.18. The summed E-state index contributed by atoms with van der Waals surface area (Å²) >= 11 is 0. The first-order valence-corrected chi connectivity index (χ1v) is 6.21. The Labute approximate surface area is 101 Å². The first-order chi connectivity index (χ1) is 8.01. The van der Waals surface area contributed by atoms with Crippen molar-refractivity contribution < 1.29 is 5.21 Å². The number of aromatic nitrogens is 2. The SMILES string of the molecule is CC1(C)[C@H]2CC(=NO)[C@](C)(n3ccnc3)[C@H]1C2. The molecule has 3 saturated carbocycles. The van der Waals surface area contributed by atoms with E-state index in [4.69, 9.17) is 0 Å². The minimum atomic E-state index is -0.219. The molecule has 3 aliphatic rings. The molecule has 0 aromatic carbocycles. The van der Waals surface area contributed by atoms with Gasteiger partial charge in [-0.15, -0.1) is 0 Å². The molecular formula is C13H19N3O. The van der Waals surface area contributed by atoms with Crippen LogP contribution in [0.5, 0.6) is 0 Å². The second kappa shape index (κ2) is 3.12. The lowest BCUT2D eigenvalue weighted by Gasteiger charge is -2.64. The van der Waals surface area contributed by atoms with E-state index < -0.39 is 0 Å². The molecule has 0 amide bonds. The highest BCUT2D eigenvalue weighted by molar-refractivity contribution is 5.93. The van der Waals surface area contributed by atoms with Crippen LogP contribution in [0.2, 0.25) is 0 Å². The zero-order chi connectivity index (χ0) is 12.3. The quantitative estimate of drug-likeness (QED) is 0.598. The molecule has 0 radical (unpaired) electrons. The zero-order valence-electron chi connectivity index (χ0n) is 10.6. The Morgan fingerprint density at radius 1 is 1.47 bits per heavy atom. The predicted octanol–water partition coefficient (Wildman–Crippen LogP) is 2.49. The zero-order valence-corrected chi connectivity index (χ0v) is 10.6. The van der Waals surface area contributed by atoms with Gasteiger partial charge in [-0.1, -0.05) is 19.0 Å². The van der Waals surface area contributed by atoms with Gasteiger partial charge in [0.15, 0.2) is 0 Å². The fourth-order valence-electron chi connectivity index (χ4n) is 3.96. The van der Waals surface area contributed by atoms with Crippen molar-refractivity contribution in [2.24, 2.45) is 22.4 Å². The molecule has 1 aromatic rings. The normalized spacial score (nSPS) is 41.2. The van der Waals surface area contributed by atoms with Crippen LogP contribution in [-0.2, 0) is 5.54 Å². The van der Waals surface area contributed by atoms with Crippen molar-refractivity contribution >= 4 is 5.71 Å². The number of hydrogen-bond donors (Lipinski definition) is 1. The molecule has 2 bridgehead atoms. The molecule has 3 aliphatic carbocycles. The molecule has 4 rings (SSSR count). The summed E-state index contributed by atoms with van der Waals surface area (Å²) in [7, 11) is 0. The van der Waals surface area contributed by atoms with Crippen LogP contribution in [0, 0.1) is 17.3 Å². The van der Waals surface area contributed by atoms with Crippen LogP contribution in [0.15, 0.2) is 23.9 Å². The van der Waals surface area contributed by atoms with Crippen LogP contribution in [0.1, 0.15) is 33.6 Å². The molecule has 4 nitrogen and oxygen atoms in total. The summed E-state index contributed by atoms with van der Waals surface area (Å²) in [6, 6.07) is 0. The largest absolute Gasteiger partial charge is 0.411 e. The van der Waals surface area contributed by atoms with Crippen molar-refractivity contribution in [3.63, 3.8) is 0 Å². The van der Waals surface area contributed by atoms with Crippen molar-refractivity contribution in [2.45, 2.75) is 39.2 Å². The van der Waals surface area contributed by atoms with E-state index in [1.165, 1.54) is 6.42 Å². The molecule has 3 atom stereocenters. The molecule has 0 unspecified atom stereocenters. The fraction of sp³-hybridized carbons (Fsp3) is 0.692. The molecule has 0 spiro atoms. The third-order valence-corrected chi connectivity index (χ3v) is 5.33. The molecule has 17 heavy (non-hydrogen) atoms. The van der Waals surface area contributed by atoms with Crippen LogP contribution in [0.3, 0.4) is 0 Å². The number of oxime groups is 1. The number of nitrogens with zero attached hydrogens (tertiary/aromatic N) is 3. The van der Waals surface area contributed by atoms with E-state index in [1.54, 1.807) is 6.20 Å². The lowest BCUT2D eigenvalue weighted by molar-refractivity contribution is -0.0870. The number of rotatable bonds is 1. The van der Waals surface area contributed by atoms with Crippen LogP contribution in [0.25, 0.3) is 0 Å². The van der Waals surface area contributed by atoms with Gasteiger partial charge in [0.05, 0.1) is 17.6 Å². The molecule has 1 aromatic heterocycles. The molecule has 0 saturated heterocycles. The molecular weight excluding hydrogens is 214 g/mol. The van der Waals surface area contributed by atoms with E-state index in [1.807, 2.05) is 12.5 Å². The maximum Gasteiger partial charge on any atom is 0.0954 e. The lowest BCUT2D eigenvalue weighted by Crippen LogP contribution is -2.65. The Hall–Kier alpha value is -1.32. The lowest BCUT2D eigenvalue weighted by atomic mass is 9.43. The highest BCUT2D eigenvalue weighted by Crippen LogP contribution is 2.63. The monoisotopic (exact) mass is 233 g/mol. The first-order valence-electron chi connectivity index (χ1n) is 6.21. The summed E-state index contributed by atoms with van der Waals surface area (Å²) < 4.78 is 2.10. The minimum Gasteiger partial charge on any atom is -0.411 e. The van der Waals surface area contributed by atoms with Crippen LogP contribution >= 0.6 is 0 Å². The second-order valence-electron chi connectivity index (χ2n) is 6.17. The van der Waals surface area contributed by atoms with Gasteiger partial charge < -0.3 is 9.77 Å². The summed E-state index contributed by atoms with van der Waals surface area (Å²) in [4.78, 5) is 4.14. The van der Waals surface area contributed by atoms with Crippen molar-refractivity contribution in [3.8, 4) is 0 Å². The summed E-state index contributed by atoms with van der Waals surface area (Å²) in [6.07, 6.45) is 7.72. The van der Waals surface area contributed by atoms with Gasteiger partial charge in [-0.2, -0.15) is 0 Å². The van der Waals surface area contributed by atoms with Crippen molar-refractivity contribution in [1.82, 2.24) is 9.55 Å². The highest BCUT2D eigenvalue weighted by atomic mass is 16.4. The third kappa shape index (κ3) is 1.13. The van der Waals surface area contributed by atoms with Crippen LogP contribution in [-0.4, -0.2) is 20.5 Å². The van der Waals surface area contributed by atoms with E-state index in [0.717, 1.165) is 12.1 Å². The topological polar surface area (TPSA) is 50.4 Å². The average molecular weight is 233 g/mol. The Bertz CT molecular complexity index is 463. The van der Waals surface area contributed by atoms with Gasteiger partial charge in [0.25, 0.3) is 0 Å². The number of fused-ring (bicyclic) bond motifs is 2. The van der Waals surface area contributed by atoms with Crippen molar-refractivity contribution in [3.05, 3.63) is 18.7 Å². The summed E-state index contributed by atoms with van der Waals surface area (Å²) in [5.41, 5.74) is 1.01. The van der Waals surface area contributed by atoms with Gasteiger partial charge in [0, 0.05) is 12.4 Å². The van der Waals surface area contributed by atoms with Crippen LogP contribution in [0.4, 0.5) is 0 Å². The smallest absolute Gasteiger partial charge is 0.0954 e.